The van der Waals surface area contributed by atoms with Crippen LogP contribution in [0, 0.1) is 5.92 Å². The van der Waals surface area contributed by atoms with Crippen molar-refractivity contribution >= 4 is 11.8 Å². The highest BCUT2D eigenvalue weighted by Gasteiger charge is 2.63. The second kappa shape index (κ2) is 7.19. The summed E-state index contributed by atoms with van der Waals surface area (Å²) < 4.78 is 16.7. The third-order valence-corrected chi connectivity index (χ3v) is 6.87. The summed E-state index contributed by atoms with van der Waals surface area (Å²) in [6.07, 6.45) is 8.49. The van der Waals surface area contributed by atoms with Crippen LogP contribution in [0.1, 0.15) is 48.9 Å². The number of likely N-dealkylation sites (tertiary alicyclic amines) is 2. The van der Waals surface area contributed by atoms with Crippen LogP contribution in [0.15, 0.2) is 23.0 Å². The van der Waals surface area contributed by atoms with Crippen molar-refractivity contribution in [2.45, 2.75) is 56.2 Å². The fourth-order valence-corrected chi connectivity index (χ4v) is 5.05. The lowest BCUT2D eigenvalue weighted by atomic mass is 9.72. The van der Waals surface area contributed by atoms with E-state index in [1.165, 1.54) is 25.4 Å². The first-order valence-corrected chi connectivity index (χ1v) is 10.5. The third-order valence-electron chi connectivity index (χ3n) is 6.87. The molecule has 0 bridgehead atoms. The molecule has 1 saturated carbocycles. The summed E-state index contributed by atoms with van der Waals surface area (Å²) in [5.41, 5.74) is 0.388. The van der Waals surface area contributed by atoms with Crippen molar-refractivity contribution in [2.24, 2.45) is 5.92 Å². The van der Waals surface area contributed by atoms with Gasteiger partial charge in [0.15, 0.2) is 6.10 Å². The summed E-state index contributed by atoms with van der Waals surface area (Å²) >= 11 is 0. The van der Waals surface area contributed by atoms with Gasteiger partial charge in [-0.25, -0.2) is 0 Å². The molecule has 1 aromatic rings. The molecule has 152 valence electrons. The van der Waals surface area contributed by atoms with Crippen LogP contribution in [0.25, 0.3) is 0 Å². The lowest BCUT2D eigenvalue weighted by molar-refractivity contribution is -0.219. The largest absolute Gasteiger partial charge is 0.472 e. The predicted molar refractivity (Wildman–Crippen MR) is 99.7 cm³/mol. The van der Waals surface area contributed by atoms with Gasteiger partial charge in [-0.15, -0.1) is 0 Å². The van der Waals surface area contributed by atoms with Crippen LogP contribution in [-0.4, -0.2) is 72.2 Å². The van der Waals surface area contributed by atoms with E-state index in [-0.39, 0.29) is 29.5 Å². The Morgan fingerprint density at radius 1 is 1.18 bits per heavy atom. The number of nitrogens with zero attached hydrogens (tertiary/aromatic N) is 2. The molecule has 4 heterocycles. The molecule has 7 heteroatoms. The number of rotatable bonds is 5. The van der Waals surface area contributed by atoms with Gasteiger partial charge in [0, 0.05) is 32.3 Å². The van der Waals surface area contributed by atoms with Crippen LogP contribution in [0.3, 0.4) is 0 Å². The molecule has 4 aliphatic rings. The lowest BCUT2D eigenvalue weighted by Gasteiger charge is -2.62. The van der Waals surface area contributed by atoms with Gasteiger partial charge in [-0.05, 0) is 50.5 Å². The van der Waals surface area contributed by atoms with E-state index >= 15 is 0 Å². The summed E-state index contributed by atoms with van der Waals surface area (Å²) in [6, 6.07) is 1.88. The zero-order chi connectivity index (χ0) is 19.1. The Bertz CT molecular complexity index is 715. The van der Waals surface area contributed by atoms with Gasteiger partial charge in [-0.1, -0.05) is 0 Å². The fourth-order valence-electron chi connectivity index (χ4n) is 5.05. The maximum atomic E-state index is 13.0. The van der Waals surface area contributed by atoms with E-state index in [9.17, 15) is 9.59 Å². The average Bonchev–Trinajstić information content (AvgIpc) is 3.39. The molecule has 28 heavy (non-hydrogen) atoms. The molecule has 7 nitrogen and oxygen atoms in total. The van der Waals surface area contributed by atoms with E-state index in [2.05, 4.69) is 4.90 Å². The lowest BCUT2D eigenvalue weighted by Crippen LogP contribution is -2.79. The minimum absolute atomic E-state index is 0.00792. The summed E-state index contributed by atoms with van der Waals surface area (Å²) in [6.45, 7) is 3.41. The Balaban J connectivity index is 1.25. The number of carbonyl (C=O) groups is 2. The Morgan fingerprint density at radius 3 is 2.57 bits per heavy atom. The van der Waals surface area contributed by atoms with Crippen LogP contribution < -0.4 is 0 Å². The minimum Gasteiger partial charge on any atom is -0.472 e. The van der Waals surface area contributed by atoms with Crippen molar-refractivity contribution in [3.63, 3.8) is 0 Å². The normalized spacial score (nSPS) is 27.9. The van der Waals surface area contributed by atoms with Crippen molar-refractivity contribution in [1.29, 1.82) is 0 Å². The molecule has 0 aromatic carbocycles. The molecule has 4 fully saturated rings. The highest BCUT2D eigenvalue weighted by molar-refractivity contribution is 5.94. The summed E-state index contributed by atoms with van der Waals surface area (Å²) in [5, 5.41) is 0. The fraction of sp³-hybridized carbons (Fsp3) is 0.714. The van der Waals surface area contributed by atoms with Crippen LogP contribution in [0.2, 0.25) is 0 Å². The van der Waals surface area contributed by atoms with Gasteiger partial charge in [0.1, 0.15) is 6.26 Å². The summed E-state index contributed by atoms with van der Waals surface area (Å²) in [4.78, 5) is 29.5. The van der Waals surface area contributed by atoms with E-state index < -0.39 is 0 Å². The van der Waals surface area contributed by atoms with Gasteiger partial charge in [0.2, 0.25) is 0 Å². The Morgan fingerprint density at radius 2 is 1.93 bits per heavy atom. The number of carbonyl (C=O) groups excluding carboxylic acids is 2. The van der Waals surface area contributed by atoms with E-state index in [4.69, 9.17) is 13.9 Å². The van der Waals surface area contributed by atoms with Gasteiger partial charge in [-0.3, -0.25) is 9.59 Å². The number of furan rings is 1. The monoisotopic (exact) mass is 388 g/mol. The molecule has 1 aromatic heterocycles. The maximum absolute atomic E-state index is 13.0. The number of hydrogen-bond donors (Lipinski definition) is 0. The van der Waals surface area contributed by atoms with Crippen molar-refractivity contribution in [1.82, 2.24) is 9.80 Å². The molecule has 2 amide bonds. The van der Waals surface area contributed by atoms with Gasteiger partial charge in [0.25, 0.3) is 11.8 Å². The molecule has 1 spiro atoms. The second-order valence-corrected chi connectivity index (χ2v) is 8.62. The van der Waals surface area contributed by atoms with Crippen LogP contribution in [-0.2, 0) is 14.3 Å². The smallest absolute Gasteiger partial charge is 0.257 e. The number of amides is 2. The van der Waals surface area contributed by atoms with E-state index in [0.29, 0.717) is 44.4 Å². The second-order valence-electron chi connectivity index (χ2n) is 8.62. The van der Waals surface area contributed by atoms with Crippen molar-refractivity contribution in [2.75, 3.05) is 32.9 Å². The van der Waals surface area contributed by atoms with Gasteiger partial charge < -0.3 is 23.7 Å². The molecule has 3 aliphatic heterocycles. The van der Waals surface area contributed by atoms with Gasteiger partial charge in [-0.2, -0.15) is 0 Å². The topological polar surface area (TPSA) is 72.2 Å². The summed E-state index contributed by atoms with van der Waals surface area (Å²) in [7, 11) is 0. The Kier molecular flexibility index (Phi) is 4.67. The molecule has 1 atom stereocenters. The number of β-lactam (4-membered cyclic amide) rings is 1. The van der Waals surface area contributed by atoms with E-state index in [0.717, 1.165) is 25.7 Å². The molecular formula is C21H28N2O5. The SMILES string of the molecule is O=C(c1ccoc1)N1CCC(N2C(=O)C(OCC3CC3)C23CCOCC3)CC1. The first kappa shape index (κ1) is 18.2. The summed E-state index contributed by atoms with van der Waals surface area (Å²) in [5.74, 6) is 0.798. The van der Waals surface area contributed by atoms with Crippen molar-refractivity contribution in [3.05, 3.63) is 24.2 Å². The van der Waals surface area contributed by atoms with Crippen molar-refractivity contribution < 1.29 is 23.5 Å². The average molecular weight is 388 g/mol. The molecule has 1 unspecified atom stereocenters. The molecular weight excluding hydrogens is 360 g/mol. The van der Waals surface area contributed by atoms with Crippen LogP contribution in [0.4, 0.5) is 0 Å². The molecule has 3 saturated heterocycles. The van der Waals surface area contributed by atoms with Gasteiger partial charge in [0.05, 0.1) is 24.0 Å². The van der Waals surface area contributed by atoms with Crippen molar-refractivity contribution in [3.8, 4) is 0 Å². The first-order valence-electron chi connectivity index (χ1n) is 10.5. The molecule has 0 radical (unpaired) electrons. The molecule has 5 rings (SSSR count). The third kappa shape index (κ3) is 3.05. The Labute approximate surface area is 164 Å². The zero-order valence-electron chi connectivity index (χ0n) is 16.2. The zero-order valence-corrected chi connectivity index (χ0v) is 16.2. The quantitative estimate of drug-likeness (QED) is 0.722. The minimum atomic E-state index is -0.303. The molecule has 1 aliphatic carbocycles. The van der Waals surface area contributed by atoms with Gasteiger partial charge >= 0.3 is 0 Å². The standard InChI is InChI=1S/C21H28N2O5/c24-19(16-5-10-27-14-16)22-8-3-17(4-9-22)23-20(25)18(28-13-15-1-2-15)21(23)6-11-26-12-7-21/h5,10,14-15,17-18H,1-4,6-9,11-13H2. The van der Waals surface area contributed by atoms with E-state index in [1.54, 1.807) is 6.07 Å². The van der Waals surface area contributed by atoms with Crippen LogP contribution in [0.5, 0.6) is 0 Å². The molecule has 0 N–H and O–H groups in total. The highest BCUT2D eigenvalue weighted by atomic mass is 16.5. The highest BCUT2D eigenvalue weighted by Crippen LogP contribution is 2.46. The Hall–Kier alpha value is -1.86. The van der Waals surface area contributed by atoms with Crippen LogP contribution >= 0.6 is 0 Å². The number of hydrogen-bond acceptors (Lipinski definition) is 5. The van der Waals surface area contributed by atoms with E-state index in [1.807, 2.05) is 4.90 Å². The predicted octanol–water partition coefficient (Wildman–Crippen LogP) is 2.07. The first-order chi connectivity index (χ1) is 13.7. The number of piperidine rings is 1. The maximum Gasteiger partial charge on any atom is 0.257 e. The number of ether oxygens (including phenoxy) is 2.